The molecule has 2 amide bonds. The first-order valence-corrected chi connectivity index (χ1v) is 13.2. The summed E-state index contributed by atoms with van der Waals surface area (Å²) in [5.41, 5.74) is 5.33. The second kappa shape index (κ2) is 9.08. The first kappa shape index (κ1) is 24.0. The molecule has 0 aromatic carbocycles. The number of carbonyl (C=O) groups is 3. The van der Waals surface area contributed by atoms with Crippen LogP contribution in [0.25, 0.3) is 10.9 Å². The van der Waals surface area contributed by atoms with Crippen molar-refractivity contribution in [1.29, 1.82) is 0 Å². The Morgan fingerprint density at radius 1 is 1.46 bits per heavy atom. The van der Waals surface area contributed by atoms with Crippen molar-refractivity contribution in [2.75, 3.05) is 6.54 Å². The number of rotatable bonds is 8. The summed E-state index contributed by atoms with van der Waals surface area (Å²) in [6.45, 7) is 4.42. The van der Waals surface area contributed by atoms with Crippen LogP contribution in [0.1, 0.15) is 25.1 Å². The fourth-order valence-electron chi connectivity index (χ4n) is 5.30. The molecule has 6 atom stereocenters. The lowest BCUT2D eigenvalue weighted by Crippen LogP contribution is -2.63. The van der Waals surface area contributed by atoms with Crippen molar-refractivity contribution in [2.24, 2.45) is 17.6 Å². The van der Waals surface area contributed by atoms with E-state index >= 15 is 0 Å². The van der Waals surface area contributed by atoms with Crippen molar-refractivity contribution in [3.8, 4) is 0 Å². The molecule has 5 heterocycles. The zero-order valence-electron chi connectivity index (χ0n) is 19.3. The number of hydrogen-bond acceptors (Lipinski definition) is 7. The van der Waals surface area contributed by atoms with E-state index in [1.165, 1.54) is 4.90 Å². The van der Waals surface area contributed by atoms with Crippen LogP contribution in [-0.4, -0.2) is 67.3 Å². The van der Waals surface area contributed by atoms with Crippen molar-refractivity contribution in [1.82, 2.24) is 14.6 Å². The highest BCUT2D eigenvalue weighted by atomic mass is 32.2. The van der Waals surface area contributed by atoms with E-state index in [1.54, 1.807) is 34.6 Å². The molecule has 0 unspecified atom stereocenters. The highest BCUT2D eigenvalue weighted by Gasteiger charge is 2.60. The van der Waals surface area contributed by atoms with E-state index in [0.29, 0.717) is 0 Å². The van der Waals surface area contributed by atoms with E-state index in [9.17, 15) is 24.6 Å². The van der Waals surface area contributed by atoms with Gasteiger partial charge in [-0.05, 0) is 19.4 Å². The summed E-state index contributed by atoms with van der Waals surface area (Å²) in [4.78, 5) is 39.8. The van der Waals surface area contributed by atoms with Crippen molar-refractivity contribution in [3.63, 3.8) is 0 Å². The molecule has 2 aromatic heterocycles. The molecule has 2 saturated heterocycles. The fraction of sp³-hybridized carbons (Fsp3) is 0.478. The fourth-order valence-corrected chi connectivity index (χ4v) is 7.74. The Hall–Kier alpha value is -2.67. The van der Waals surface area contributed by atoms with Gasteiger partial charge in [0.05, 0.1) is 22.9 Å². The normalized spacial score (nSPS) is 29.3. The number of carbonyl (C=O) groups excluding carboxylic acids is 2. The molecule has 0 spiro atoms. The highest BCUT2D eigenvalue weighted by Crippen LogP contribution is 2.51. The maximum absolute atomic E-state index is 12.5. The molecule has 0 saturated carbocycles. The third-order valence-corrected chi connectivity index (χ3v) is 9.37. The number of hydrogen-bond donors (Lipinski definition) is 4. The van der Waals surface area contributed by atoms with Crippen LogP contribution < -0.4 is 15.6 Å². The number of nitrogens with one attached hydrogen (secondary N) is 1. The Labute approximate surface area is 210 Å². The van der Waals surface area contributed by atoms with Crippen LogP contribution in [0.5, 0.6) is 0 Å². The van der Waals surface area contributed by atoms with E-state index in [2.05, 4.69) is 17.5 Å². The SMILES string of the molecule is C[C@@H](O)[C@H]1C(=O)N2C(C(=O)O)=C(S[C@@H]3CN[C@H](/C=C\c4cn5c[n+](CC(N)=O)cc5s4)C3)[C@H](C)[C@H]12. The summed E-state index contributed by atoms with van der Waals surface area (Å²) in [6.07, 6.45) is 9.95. The summed E-state index contributed by atoms with van der Waals surface area (Å²) < 4.78 is 3.71. The maximum Gasteiger partial charge on any atom is 0.353 e. The van der Waals surface area contributed by atoms with E-state index in [-0.39, 0.29) is 47.3 Å². The summed E-state index contributed by atoms with van der Waals surface area (Å²) in [5, 5.41) is 23.5. The number of carboxylic acid groups (broad SMARTS) is 1. The minimum absolute atomic E-state index is 0.0800. The minimum atomic E-state index is -1.09. The first-order valence-electron chi connectivity index (χ1n) is 11.5. The smallest absolute Gasteiger partial charge is 0.353 e. The monoisotopic (exact) mass is 518 g/mol. The van der Waals surface area contributed by atoms with Gasteiger partial charge < -0.3 is 26.2 Å². The number of nitrogens with two attached hydrogens (primary N) is 1. The molecular formula is C23H28N5O5S2+. The van der Waals surface area contributed by atoms with Gasteiger partial charge in [0.2, 0.25) is 17.1 Å². The van der Waals surface area contributed by atoms with Gasteiger partial charge in [0.15, 0.2) is 6.54 Å². The Morgan fingerprint density at radius 3 is 2.89 bits per heavy atom. The summed E-state index contributed by atoms with van der Waals surface area (Å²) in [6, 6.07) is -0.129. The molecular weight excluding hydrogens is 490 g/mol. The van der Waals surface area contributed by atoms with Gasteiger partial charge >= 0.3 is 5.97 Å². The Kier molecular flexibility index (Phi) is 6.24. The zero-order valence-corrected chi connectivity index (χ0v) is 21.0. The van der Waals surface area contributed by atoms with Crippen LogP contribution >= 0.6 is 23.1 Å². The number of amides is 2. The second-order valence-electron chi connectivity index (χ2n) is 9.38. The lowest BCUT2D eigenvalue weighted by Gasteiger charge is -2.46. The lowest BCUT2D eigenvalue weighted by molar-refractivity contribution is -0.682. The molecule has 0 bridgehead atoms. The van der Waals surface area contributed by atoms with Crippen molar-refractivity contribution >= 4 is 51.8 Å². The average molecular weight is 519 g/mol. The molecule has 0 radical (unpaired) electrons. The molecule has 3 aliphatic rings. The average Bonchev–Trinajstić information content (AvgIpc) is 3.49. The van der Waals surface area contributed by atoms with E-state index in [0.717, 1.165) is 27.6 Å². The third kappa shape index (κ3) is 4.28. The molecule has 2 aromatic rings. The van der Waals surface area contributed by atoms with Gasteiger partial charge in [-0.25, -0.2) is 9.36 Å². The summed E-state index contributed by atoms with van der Waals surface area (Å²) in [7, 11) is 0. The number of aliphatic carboxylic acids is 1. The van der Waals surface area contributed by atoms with Crippen LogP contribution in [0.4, 0.5) is 0 Å². The van der Waals surface area contributed by atoms with E-state index in [4.69, 9.17) is 5.73 Å². The Bertz CT molecular complexity index is 1230. The van der Waals surface area contributed by atoms with Gasteiger partial charge in [0.25, 0.3) is 5.91 Å². The number of primary amides is 1. The molecule has 12 heteroatoms. The van der Waals surface area contributed by atoms with Gasteiger partial charge in [-0.3, -0.25) is 9.59 Å². The van der Waals surface area contributed by atoms with E-state index in [1.807, 2.05) is 30.0 Å². The quantitative estimate of drug-likeness (QED) is 0.293. The predicted molar refractivity (Wildman–Crippen MR) is 131 cm³/mol. The van der Waals surface area contributed by atoms with Crippen LogP contribution in [0.3, 0.4) is 0 Å². The summed E-state index contributed by atoms with van der Waals surface area (Å²) >= 11 is 3.15. The zero-order chi connectivity index (χ0) is 25.0. The van der Waals surface area contributed by atoms with Gasteiger partial charge in [-0.15, -0.1) is 11.8 Å². The molecule has 0 aliphatic carbocycles. The van der Waals surface area contributed by atoms with Crippen LogP contribution in [0.2, 0.25) is 0 Å². The molecule has 10 nitrogen and oxygen atoms in total. The Balaban J connectivity index is 1.24. The standard InChI is InChI=1S/C23H27N5O5S2/c1-11-19-18(12(2)29)22(31)28(19)20(23(32)33)21(11)35-15-5-13(25-6-15)3-4-14-7-27-10-26(8-16(24)30)9-17(27)34-14/h3-4,7,9-13,15,18-19,25,29H,5-6,8H2,1-2H3,(H2-,24,30,32,33)/p+1/b4-3-/t11-,12-,13-,15+,18-,19-/m1/s1. The lowest BCUT2D eigenvalue weighted by atomic mass is 9.79. The van der Waals surface area contributed by atoms with Gasteiger partial charge in [0, 0.05) is 28.7 Å². The number of fused-ring (bicyclic) bond motifs is 2. The molecule has 2 fully saturated rings. The predicted octanol–water partition coefficient (Wildman–Crippen LogP) is 0.404. The number of imidazole rings is 1. The molecule has 186 valence electrons. The number of β-lactam (4-membered cyclic amide) rings is 1. The van der Waals surface area contributed by atoms with Crippen LogP contribution in [0, 0.1) is 11.8 Å². The number of thioether (sulfide) groups is 1. The topological polar surface area (TPSA) is 141 Å². The molecule has 5 rings (SSSR count). The molecule has 5 N–H and O–H groups in total. The Morgan fingerprint density at radius 2 is 2.23 bits per heavy atom. The van der Waals surface area contributed by atoms with Crippen molar-refractivity contribution in [3.05, 3.63) is 40.3 Å². The number of nitrogens with zero attached hydrogens (tertiary/aromatic N) is 3. The number of aromatic nitrogens is 2. The van der Waals surface area contributed by atoms with E-state index < -0.39 is 18.0 Å². The van der Waals surface area contributed by atoms with Crippen molar-refractivity contribution < 1.29 is 29.2 Å². The second-order valence-corrected chi connectivity index (χ2v) is 11.8. The number of aliphatic hydroxyl groups excluding tert-OH is 1. The number of thiazole rings is 1. The van der Waals surface area contributed by atoms with Crippen molar-refractivity contribution in [2.45, 2.75) is 50.3 Å². The minimum Gasteiger partial charge on any atom is -0.477 e. The van der Waals surface area contributed by atoms with Gasteiger partial charge in [-0.2, -0.15) is 4.40 Å². The highest BCUT2D eigenvalue weighted by molar-refractivity contribution is 8.03. The maximum atomic E-state index is 12.5. The first-order chi connectivity index (χ1) is 16.6. The largest absolute Gasteiger partial charge is 0.477 e. The van der Waals surface area contributed by atoms with Crippen LogP contribution in [-0.2, 0) is 20.9 Å². The molecule has 3 aliphatic heterocycles. The van der Waals surface area contributed by atoms with Crippen LogP contribution in [0.15, 0.2) is 35.4 Å². The van der Waals surface area contributed by atoms with Gasteiger partial charge in [0.1, 0.15) is 18.1 Å². The molecule has 35 heavy (non-hydrogen) atoms. The summed E-state index contributed by atoms with van der Waals surface area (Å²) in [5.74, 6) is -2.44. The third-order valence-electron chi connectivity index (χ3n) is 6.85. The number of aliphatic hydroxyl groups is 1. The number of carboxylic acids is 1. The van der Waals surface area contributed by atoms with Gasteiger partial charge in [-0.1, -0.05) is 24.3 Å².